The number of aliphatic imine (C=N–C) groups is 1. The van der Waals surface area contributed by atoms with E-state index in [9.17, 15) is 0 Å². The molecule has 0 amide bonds. The molecule has 0 fully saturated rings. The molecule has 0 saturated heterocycles. The van der Waals surface area contributed by atoms with E-state index >= 15 is 0 Å². The number of fused-ring (bicyclic) bond motifs is 2. The Bertz CT molecular complexity index is 954. The maximum atomic E-state index is 5.62. The van der Waals surface area contributed by atoms with Crippen LogP contribution in [0.1, 0.15) is 48.8 Å². The minimum atomic E-state index is 0. The number of nitrogens with zero attached hydrogens (tertiary/aromatic N) is 1. The van der Waals surface area contributed by atoms with Crippen LogP contribution in [0, 0.1) is 0 Å². The molecular weight excluding hydrogens is 402 g/mol. The molecule has 1 atom stereocenters. The summed E-state index contributed by atoms with van der Waals surface area (Å²) in [4.78, 5) is 4.90. The highest BCUT2D eigenvalue weighted by Crippen LogP contribution is 2.40. The van der Waals surface area contributed by atoms with Crippen molar-refractivity contribution >= 4 is 24.2 Å². The Morgan fingerprint density at radius 2 is 1.80 bits per heavy atom. The molecule has 2 aromatic carbocycles. The molecule has 6 heteroatoms. The van der Waals surface area contributed by atoms with Crippen molar-refractivity contribution in [3.63, 3.8) is 0 Å². The van der Waals surface area contributed by atoms with Gasteiger partial charge in [-0.2, -0.15) is 0 Å². The van der Waals surface area contributed by atoms with Crippen LogP contribution in [0.2, 0.25) is 0 Å². The zero-order valence-corrected chi connectivity index (χ0v) is 18.5. The summed E-state index contributed by atoms with van der Waals surface area (Å²) in [6, 6.07) is 10.1. The minimum Gasteiger partial charge on any atom is -0.493 e. The monoisotopic (exact) mass is 429 g/mol. The van der Waals surface area contributed by atoms with E-state index in [-0.39, 0.29) is 19.2 Å². The van der Waals surface area contributed by atoms with Gasteiger partial charge in [-0.3, -0.25) is 4.99 Å². The summed E-state index contributed by atoms with van der Waals surface area (Å²) in [6.07, 6.45) is 7.65. The van der Waals surface area contributed by atoms with Gasteiger partial charge in [-0.1, -0.05) is 31.9 Å². The number of hydrogen-bond acceptors (Lipinski definition) is 5. The first-order valence-electron chi connectivity index (χ1n) is 10.1. The summed E-state index contributed by atoms with van der Waals surface area (Å²) >= 11 is 0. The maximum absolute atomic E-state index is 5.62. The van der Waals surface area contributed by atoms with Crippen LogP contribution in [0.4, 0.5) is 0 Å². The summed E-state index contributed by atoms with van der Waals surface area (Å²) < 4.78 is 22.0. The first-order chi connectivity index (χ1) is 14.2. The number of hydrogen-bond donors (Lipinski definition) is 0. The van der Waals surface area contributed by atoms with Gasteiger partial charge >= 0.3 is 0 Å². The summed E-state index contributed by atoms with van der Waals surface area (Å²) in [5.41, 5.74) is 4.45. The van der Waals surface area contributed by atoms with Crippen molar-refractivity contribution in [1.82, 2.24) is 0 Å². The van der Waals surface area contributed by atoms with Crippen LogP contribution in [0.25, 0.3) is 6.08 Å². The molecule has 30 heavy (non-hydrogen) atoms. The molecule has 0 spiro atoms. The second kappa shape index (κ2) is 9.90. The predicted molar refractivity (Wildman–Crippen MR) is 122 cm³/mol. The lowest BCUT2D eigenvalue weighted by Crippen LogP contribution is -2.16. The third kappa shape index (κ3) is 4.41. The van der Waals surface area contributed by atoms with E-state index in [0.717, 1.165) is 47.1 Å². The van der Waals surface area contributed by atoms with Crippen LogP contribution in [0.5, 0.6) is 23.0 Å². The van der Waals surface area contributed by atoms with Crippen LogP contribution in [-0.2, 0) is 0 Å². The Morgan fingerprint density at radius 3 is 2.53 bits per heavy atom. The molecule has 0 saturated carbocycles. The summed E-state index contributed by atoms with van der Waals surface area (Å²) in [6.45, 7) is 3.31. The molecule has 2 aliphatic rings. The Balaban J connectivity index is 0.00000256. The molecule has 2 aromatic rings. The first-order valence-corrected chi connectivity index (χ1v) is 10.1. The van der Waals surface area contributed by atoms with Crippen LogP contribution in [0.15, 0.2) is 41.4 Å². The van der Waals surface area contributed by atoms with Crippen molar-refractivity contribution in [2.45, 2.75) is 32.1 Å². The van der Waals surface area contributed by atoms with Crippen molar-refractivity contribution in [2.75, 3.05) is 27.6 Å². The molecule has 2 heterocycles. The highest BCUT2D eigenvalue weighted by atomic mass is 35.5. The molecule has 0 aromatic heterocycles. The van der Waals surface area contributed by atoms with Gasteiger partial charge in [0.1, 0.15) is 0 Å². The Morgan fingerprint density at radius 1 is 1.03 bits per heavy atom. The van der Waals surface area contributed by atoms with Gasteiger partial charge in [0.2, 0.25) is 6.79 Å². The van der Waals surface area contributed by atoms with Gasteiger partial charge in [0.15, 0.2) is 23.0 Å². The highest BCUT2D eigenvalue weighted by Gasteiger charge is 2.26. The summed E-state index contributed by atoms with van der Waals surface area (Å²) in [5, 5.41) is 0. The largest absolute Gasteiger partial charge is 0.493 e. The molecule has 160 valence electrons. The normalized spacial score (nSPS) is 16.6. The zero-order chi connectivity index (χ0) is 20.2. The van der Waals surface area contributed by atoms with Crippen LogP contribution in [-0.4, -0.2) is 33.3 Å². The fraction of sp³-hybridized carbons (Fsp3) is 0.375. The van der Waals surface area contributed by atoms with Gasteiger partial charge in [-0.05, 0) is 47.9 Å². The molecule has 0 radical (unpaired) electrons. The van der Waals surface area contributed by atoms with E-state index in [1.807, 2.05) is 18.2 Å². The smallest absolute Gasteiger partial charge is 0.231 e. The van der Waals surface area contributed by atoms with Gasteiger partial charge in [-0.15, -0.1) is 12.4 Å². The van der Waals surface area contributed by atoms with Crippen molar-refractivity contribution in [3.8, 4) is 23.0 Å². The first kappa shape index (κ1) is 22.0. The van der Waals surface area contributed by atoms with Crippen LogP contribution >= 0.6 is 12.4 Å². The third-order valence-corrected chi connectivity index (χ3v) is 5.49. The number of halogens is 1. The number of rotatable bonds is 7. The molecule has 2 aliphatic heterocycles. The Hall–Kier alpha value is -2.66. The second-order valence-electron chi connectivity index (χ2n) is 7.31. The fourth-order valence-electron chi connectivity index (χ4n) is 3.88. The van der Waals surface area contributed by atoms with Crippen molar-refractivity contribution in [2.24, 2.45) is 4.99 Å². The van der Waals surface area contributed by atoms with E-state index in [4.69, 9.17) is 23.9 Å². The average molecular weight is 430 g/mol. The lowest BCUT2D eigenvalue weighted by molar-refractivity contribution is 0.174. The second-order valence-corrected chi connectivity index (χ2v) is 7.31. The highest BCUT2D eigenvalue weighted by molar-refractivity contribution is 6.12. The predicted octanol–water partition coefficient (Wildman–Crippen LogP) is 5.64. The maximum Gasteiger partial charge on any atom is 0.231 e. The van der Waals surface area contributed by atoms with Gasteiger partial charge in [-0.25, -0.2) is 0 Å². The van der Waals surface area contributed by atoms with E-state index < -0.39 is 0 Å². The van der Waals surface area contributed by atoms with Gasteiger partial charge in [0.05, 0.1) is 19.9 Å². The minimum absolute atomic E-state index is 0. The van der Waals surface area contributed by atoms with Crippen LogP contribution < -0.4 is 18.9 Å². The SMILES string of the molecule is CCCCC1CN=C(C=Cc2ccc(OC)c(OC)c2)c2cc3c(cc21)OCO3.Cl. The van der Waals surface area contributed by atoms with Crippen LogP contribution in [0.3, 0.4) is 0 Å². The van der Waals surface area contributed by atoms with Gasteiger partial charge < -0.3 is 18.9 Å². The van der Waals surface area contributed by atoms with E-state index in [2.05, 4.69) is 31.2 Å². The number of allylic oxidation sites excluding steroid dienone is 1. The Labute approximate surface area is 184 Å². The quantitative estimate of drug-likeness (QED) is 0.571. The average Bonchev–Trinajstić information content (AvgIpc) is 3.22. The van der Waals surface area contributed by atoms with E-state index in [1.54, 1.807) is 14.2 Å². The lowest BCUT2D eigenvalue weighted by atomic mass is 9.85. The lowest BCUT2D eigenvalue weighted by Gasteiger charge is -2.24. The molecule has 5 nitrogen and oxygen atoms in total. The summed E-state index contributed by atoms with van der Waals surface area (Å²) in [5.74, 6) is 3.50. The molecule has 0 N–H and O–H groups in total. The van der Waals surface area contributed by atoms with Crippen molar-refractivity contribution in [1.29, 1.82) is 0 Å². The number of methoxy groups -OCH3 is 2. The standard InChI is InChI=1S/C24H27NO4.ClH/c1-4-5-6-17-14-25-20(19-13-24-23(12-18(17)19)28-15-29-24)9-7-16-8-10-21(26-2)22(11-16)27-3;/h7-13,17H,4-6,14-15H2,1-3H3;1H. The topological polar surface area (TPSA) is 49.3 Å². The van der Waals surface area contributed by atoms with Crippen molar-refractivity contribution in [3.05, 3.63) is 53.1 Å². The molecule has 0 bridgehead atoms. The third-order valence-electron chi connectivity index (χ3n) is 5.49. The number of benzene rings is 2. The molecule has 0 aliphatic carbocycles. The summed E-state index contributed by atoms with van der Waals surface area (Å²) in [7, 11) is 3.28. The molecular formula is C24H28ClNO4. The van der Waals surface area contributed by atoms with Crippen molar-refractivity contribution < 1.29 is 18.9 Å². The Kier molecular flexibility index (Phi) is 7.27. The van der Waals surface area contributed by atoms with Gasteiger partial charge in [0, 0.05) is 18.0 Å². The fourth-order valence-corrected chi connectivity index (χ4v) is 3.88. The number of unbranched alkanes of at least 4 members (excludes halogenated alkanes) is 1. The number of ether oxygens (including phenoxy) is 4. The molecule has 1 unspecified atom stereocenters. The van der Waals surface area contributed by atoms with E-state index in [0.29, 0.717) is 11.7 Å². The molecule has 4 rings (SSSR count). The van der Waals surface area contributed by atoms with Gasteiger partial charge in [0.25, 0.3) is 0 Å². The zero-order valence-electron chi connectivity index (χ0n) is 17.6. The van der Waals surface area contributed by atoms with E-state index in [1.165, 1.54) is 18.4 Å².